The molecule has 0 atom stereocenters. The fraction of sp³-hybridized carbons (Fsp3) is 0.294. The SMILES string of the molecule is Cc1cc(C)n2ncc(C(=O)NCCCc3cccnc3)c2n1. The molecule has 0 aliphatic rings. The maximum Gasteiger partial charge on any atom is 0.256 e. The van der Waals surface area contributed by atoms with Crippen molar-refractivity contribution in [2.75, 3.05) is 6.54 Å². The highest BCUT2D eigenvalue weighted by Gasteiger charge is 2.14. The van der Waals surface area contributed by atoms with Crippen molar-refractivity contribution in [1.29, 1.82) is 0 Å². The van der Waals surface area contributed by atoms with Crippen LogP contribution in [0.15, 0.2) is 36.8 Å². The van der Waals surface area contributed by atoms with E-state index in [0.29, 0.717) is 17.8 Å². The first-order chi connectivity index (χ1) is 11.1. The van der Waals surface area contributed by atoms with Crippen LogP contribution < -0.4 is 5.32 Å². The Hall–Kier alpha value is -2.76. The van der Waals surface area contributed by atoms with Crippen molar-refractivity contribution in [3.05, 3.63) is 59.3 Å². The summed E-state index contributed by atoms with van der Waals surface area (Å²) in [6.45, 7) is 4.47. The smallest absolute Gasteiger partial charge is 0.256 e. The molecule has 0 aromatic carbocycles. The van der Waals surface area contributed by atoms with Gasteiger partial charge in [0.05, 0.1) is 6.20 Å². The number of hydrogen-bond donors (Lipinski definition) is 1. The third kappa shape index (κ3) is 3.36. The van der Waals surface area contributed by atoms with Crippen LogP contribution in [0.2, 0.25) is 0 Å². The number of nitrogens with zero attached hydrogens (tertiary/aromatic N) is 4. The van der Waals surface area contributed by atoms with Gasteiger partial charge in [0, 0.05) is 30.3 Å². The molecule has 0 fully saturated rings. The normalized spacial score (nSPS) is 10.9. The fourth-order valence-corrected chi connectivity index (χ4v) is 2.57. The summed E-state index contributed by atoms with van der Waals surface area (Å²) in [4.78, 5) is 20.8. The van der Waals surface area contributed by atoms with Gasteiger partial charge >= 0.3 is 0 Å². The van der Waals surface area contributed by atoms with Crippen molar-refractivity contribution in [1.82, 2.24) is 24.9 Å². The molecule has 0 unspecified atom stereocenters. The summed E-state index contributed by atoms with van der Waals surface area (Å²) >= 11 is 0. The van der Waals surface area contributed by atoms with Gasteiger partial charge < -0.3 is 5.32 Å². The number of hydrogen-bond acceptors (Lipinski definition) is 4. The quantitative estimate of drug-likeness (QED) is 0.733. The lowest BCUT2D eigenvalue weighted by atomic mass is 10.1. The Kier molecular flexibility index (Phi) is 4.32. The number of aromatic nitrogens is 4. The topological polar surface area (TPSA) is 72.2 Å². The van der Waals surface area contributed by atoms with Crippen LogP contribution in [0.4, 0.5) is 0 Å². The minimum Gasteiger partial charge on any atom is -0.352 e. The first kappa shape index (κ1) is 15.1. The molecule has 0 bridgehead atoms. The van der Waals surface area contributed by atoms with E-state index in [1.807, 2.05) is 38.2 Å². The zero-order chi connectivity index (χ0) is 16.2. The van der Waals surface area contributed by atoms with E-state index < -0.39 is 0 Å². The second-order valence-corrected chi connectivity index (χ2v) is 5.55. The van der Waals surface area contributed by atoms with Gasteiger partial charge in [0.2, 0.25) is 0 Å². The molecule has 0 spiro atoms. The van der Waals surface area contributed by atoms with Crippen molar-refractivity contribution >= 4 is 11.6 Å². The standard InChI is InChI=1S/C17H19N5O/c1-12-9-13(2)22-16(21-12)15(11-20-22)17(23)19-8-4-6-14-5-3-7-18-10-14/h3,5,7,9-11H,4,6,8H2,1-2H3,(H,19,23). The molecule has 6 heteroatoms. The first-order valence-corrected chi connectivity index (χ1v) is 7.64. The first-order valence-electron chi connectivity index (χ1n) is 7.64. The van der Waals surface area contributed by atoms with Crippen molar-refractivity contribution in [2.45, 2.75) is 26.7 Å². The largest absolute Gasteiger partial charge is 0.352 e. The van der Waals surface area contributed by atoms with Crippen LogP contribution in [0, 0.1) is 13.8 Å². The molecule has 1 amide bonds. The lowest BCUT2D eigenvalue weighted by Crippen LogP contribution is -2.24. The molecule has 3 rings (SSSR count). The number of rotatable bonds is 5. The van der Waals surface area contributed by atoms with Crippen LogP contribution in [0.25, 0.3) is 5.65 Å². The number of carbonyl (C=O) groups excluding carboxylic acids is 1. The van der Waals surface area contributed by atoms with Gasteiger partial charge in [-0.05, 0) is 44.4 Å². The highest BCUT2D eigenvalue weighted by atomic mass is 16.1. The van der Waals surface area contributed by atoms with Crippen molar-refractivity contribution in [2.24, 2.45) is 0 Å². The minimum absolute atomic E-state index is 0.135. The van der Waals surface area contributed by atoms with Gasteiger partial charge in [-0.2, -0.15) is 5.10 Å². The third-order valence-corrected chi connectivity index (χ3v) is 3.67. The Balaban J connectivity index is 1.63. The molecule has 3 heterocycles. The molecule has 3 aromatic rings. The van der Waals surface area contributed by atoms with Gasteiger partial charge in [0.1, 0.15) is 5.56 Å². The molecule has 23 heavy (non-hydrogen) atoms. The van der Waals surface area contributed by atoms with Crippen LogP contribution in [-0.2, 0) is 6.42 Å². The van der Waals surface area contributed by atoms with E-state index in [-0.39, 0.29) is 5.91 Å². The Morgan fingerprint density at radius 1 is 1.30 bits per heavy atom. The fourth-order valence-electron chi connectivity index (χ4n) is 2.57. The molecule has 0 aliphatic carbocycles. The molecular weight excluding hydrogens is 290 g/mol. The van der Waals surface area contributed by atoms with E-state index in [9.17, 15) is 4.79 Å². The van der Waals surface area contributed by atoms with E-state index in [1.54, 1.807) is 16.9 Å². The summed E-state index contributed by atoms with van der Waals surface area (Å²) in [7, 11) is 0. The molecule has 0 aliphatic heterocycles. The summed E-state index contributed by atoms with van der Waals surface area (Å²) in [5.74, 6) is -0.135. The summed E-state index contributed by atoms with van der Waals surface area (Å²) in [6.07, 6.45) is 6.93. The summed E-state index contributed by atoms with van der Waals surface area (Å²) in [5.41, 5.74) is 4.13. The van der Waals surface area contributed by atoms with Crippen molar-refractivity contribution in [3.8, 4) is 0 Å². The van der Waals surface area contributed by atoms with E-state index in [2.05, 4.69) is 20.4 Å². The summed E-state index contributed by atoms with van der Waals surface area (Å²) < 4.78 is 1.69. The van der Waals surface area contributed by atoms with E-state index in [1.165, 1.54) is 5.56 Å². The second kappa shape index (κ2) is 6.56. The maximum absolute atomic E-state index is 12.3. The number of carbonyl (C=O) groups is 1. The predicted octanol–water partition coefficient (Wildman–Crippen LogP) is 2.10. The van der Waals surface area contributed by atoms with Crippen LogP contribution >= 0.6 is 0 Å². The molecule has 1 N–H and O–H groups in total. The van der Waals surface area contributed by atoms with Crippen molar-refractivity contribution in [3.63, 3.8) is 0 Å². The van der Waals surface area contributed by atoms with Crippen LogP contribution in [-0.4, -0.2) is 32.0 Å². The highest BCUT2D eigenvalue weighted by Crippen LogP contribution is 2.11. The van der Waals surface area contributed by atoms with Gasteiger partial charge in [-0.1, -0.05) is 6.07 Å². The van der Waals surface area contributed by atoms with Gasteiger partial charge in [-0.25, -0.2) is 9.50 Å². The third-order valence-electron chi connectivity index (χ3n) is 3.67. The number of nitrogens with one attached hydrogen (secondary N) is 1. The number of pyridine rings is 1. The lowest BCUT2D eigenvalue weighted by molar-refractivity contribution is 0.0954. The van der Waals surface area contributed by atoms with Crippen LogP contribution in [0.1, 0.15) is 33.7 Å². The Morgan fingerprint density at radius 2 is 2.17 bits per heavy atom. The van der Waals surface area contributed by atoms with Gasteiger partial charge in [0.25, 0.3) is 5.91 Å². The summed E-state index contributed by atoms with van der Waals surface area (Å²) in [6, 6.07) is 5.90. The minimum atomic E-state index is -0.135. The number of amides is 1. The summed E-state index contributed by atoms with van der Waals surface area (Å²) in [5, 5.41) is 7.17. The van der Waals surface area contributed by atoms with E-state index >= 15 is 0 Å². The van der Waals surface area contributed by atoms with Gasteiger partial charge in [0.15, 0.2) is 5.65 Å². The molecule has 0 saturated heterocycles. The van der Waals surface area contributed by atoms with Crippen LogP contribution in [0.5, 0.6) is 0 Å². The van der Waals surface area contributed by atoms with E-state index in [4.69, 9.17) is 0 Å². The molecule has 0 saturated carbocycles. The molecule has 3 aromatic heterocycles. The highest BCUT2D eigenvalue weighted by molar-refractivity contribution is 5.99. The predicted molar refractivity (Wildman–Crippen MR) is 87.4 cm³/mol. The van der Waals surface area contributed by atoms with Gasteiger partial charge in [-0.3, -0.25) is 9.78 Å². The number of fused-ring (bicyclic) bond motifs is 1. The van der Waals surface area contributed by atoms with Crippen molar-refractivity contribution < 1.29 is 4.79 Å². The maximum atomic E-state index is 12.3. The van der Waals surface area contributed by atoms with Gasteiger partial charge in [-0.15, -0.1) is 0 Å². The molecular formula is C17H19N5O. The molecule has 0 radical (unpaired) electrons. The Labute approximate surface area is 134 Å². The van der Waals surface area contributed by atoms with Crippen LogP contribution in [0.3, 0.4) is 0 Å². The zero-order valence-corrected chi connectivity index (χ0v) is 13.3. The van der Waals surface area contributed by atoms with E-state index in [0.717, 1.165) is 24.2 Å². The molecule has 6 nitrogen and oxygen atoms in total. The monoisotopic (exact) mass is 309 g/mol. The Bertz CT molecular complexity index is 826. The molecule has 118 valence electrons. The average Bonchev–Trinajstić information content (AvgIpc) is 2.96. The number of aryl methyl sites for hydroxylation is 3. The second-order valence-electron chi connectivity index (χ2n) is 5.55. The Morgan fingerprint density at radius 3 is 2.96 bits per heavy atom. The average molecular weight is 309 g/mol. The zero-order valence-electron chi connectivity index (χ0n) is 13.3. The lowest BCUT2D eigenvalue weighted by Gasteiger charge is -2.05.